The maximum absolute atomic E-state index is 12.4. The predicted molar refractivity (Wildman–Crippen MR) is 120 cm³/mol. The van der Waals surface area contributed by atoms with Gasteiger partial charge in [0.2, 0.25) is 0 Å². The molecule has 4 aliphatic carbocycles. The molecule has 4 aliphatic rings. The molecular weight excluding hydrogens is 444 g/mol. The summed E-state index contributed by atoms with van der Waals surface area (Å²) in [6.45, 7) is 4.78. The van der Waals surface area contributed by atoms with E-state index in [-0.39, 0.29) is 17.8 Å². The van der Waals surface area contributed by atoms with E-state index in [1.807, 2.05) is 0 Å². The number of aliphatic hydroxyl groups is 5. The number of rotatable bonds is 5. The Labute approximate surface area is 200 Å². The van der Waals surface area contributed by atoms with E-state index in [2.05, 4.69) is 13.8 Å². The van der Waals surface area contributed by atoms with E-state index in [0.29, 0.717) is 17.1 Å². The number of aliphatic carboxylic acids is 1. The normalized spacial score (nSPS) is 42.6. The SMILES string of the molecule is C[C@]12CC[C@@H](O)C[C@@H]1CC[C@@H]1[C@@H]2CC[C@]2(C)C(=O)CC[C@@H]12.O=C[C@H](O)[C@@H](O)[C@H](O)[C@H](O)C(=O)O. The molecule has 34 heavy (non-hydrogen) atoms. The third kappa shape index (κ3) is 4.82. The van der Waals surface area contributed by atoms with E-state index in [0.717, 1.165) is 49.9 Å². The van der Waals surface area contributed by atoms with E-state index in [9.17, 15) is 19.5 Å². The molecule has 0 spiro atoms. The van der Waals surface area contributed by atoms with E-state index in [1.165, 1.54) is 25.7 Å². The van der Waals surface area contributed by atoms with Gasteiger partial charge in [0.15, 0.2) is 12.4 Å². The van der Waals surface area contributed by atoms with Crippen molar-refractivity contribution in [2.45, 2.75) is 102 Å². The van der Waals surface area contributed by atoms with Gasteiger partial charge in [0.05, 0.1) is 6.10 Å². The second kappa shape index (κ2) is 10.3. The quantitative estimate of drug-likeness (QED) is 0.307. The predicted octanol–water partition coefficient (Wildman–Crippen LogP) is 0.673. The Bertz CT molecular complexity index is 771. The number of fused-ring (bicyclic) bond motifs is 5. The topological polar surface area (TPSA) is 173 Å². The van der Waals surface area contributed by atoms with E-state index < -0.39 is 30.4 Å². The average Bonchev–Trinajstić information content (AvgIpc) is 3.12. The van der Waals surface area contributed by atoms with Crippen molar-refractivity contribution in [3.63, 3.8) is 0 Å². The number of carbonyl (C=O) groups excluding carboxylic acids is 2. The maximum Gasteiger partial charge on any atom is 0.335 e. The molecular formula is C25H40O9. The molecule has 4 saturated carbocycles. The number of aliphatic hydroxyl groups excluding tert-OH is 5. The first-order chi connectivity index (χ1) is 15.9. The van der Waals surface area contributed by atoms with E-state index >= 15 is 0 Å². The van der Waals surface area contributed by atoms with Gasteiger partial charge < -0.3 is 35.4 Å². The number of hydrogen-bond donors (Lipinski definition) is 6. The van der Waals surface area contributed by atoms with Crippen LogP contribution >= 0.6 is 0 Å². The molecule has 0 aromatic carbocycles. The largest absolute Gasteiger partial charge is 0.479 e. The van der Waals surface area contributed by atoms with Crippen LogP contribution < -0.4 is 0 Å². The number of carboxylic acids is 1. The highest BCUT2D eigenvalue weighted by atomic mass is 16.4. The molecule has 0 aromatic rings. The lowest BCUT2D eigenvalue weighted by molar-refractivity contribution is -0.163. The van der Waals surface area contributed by atoms with Gasteiger partial charge in [0.1, 0.15) is 24.1 Å². The van der Waals surface area contributed by atoms with Crippen molar-refractivity contribution in [1.82, 2.24) is 0 Å². The highest BCUT2D eigenvalue weighted by Crippen LogP contribution is 2.65. The van der Waals surface area contributed by atoms with Crippen molar-refractivity contribution in [1.29, 1.82) is 0 Å². The molecule has 0 saturated heterocycles. The lowest BCUT2D eigenvalue weighted by Gasteiger charge is -2.60. The van der Waals surface area contributed by atoms with Gasteiger partial charge in [-0.3, -0.25) is 4.79 Å². The number of Topliss-reactive ketones (excluding diaryl/α,β-unsaturated/α-hetero) is 1. The zero-order valence-electron chi connectivity index (χ0n) is 20.0. The van der Waals surface area contributed by atoms with E-state index in [1.54, 1.807) is 0 Å². The molecule has 9 heteroatoms. The highest BCUT2D eigenvalue weighted by Gasteiger charge is 2.60. The van der Waals surface area contributed by atoms with Crippen LogP contribution in [0.1, 0.15) is 71.6 Å². The van der Waals surface area contributed by atoms with E-state index in [4.69, 9.17) is 25.5 Å². The van der Waals surface area contributed by atoms with Gasteiger partial charge in [-0.1, -0.05) is 13.8 Å². The first-order valence-electron chi connectivity index (χ1n) is 12.5. The fourth-order valence-corrected chi connectivity index (χ4v) is 7.62. The first-order valence-corrected chi connectivity index (χ1v) is 12.5. The Morgan fingerprint density at radius 1 is 0.971 bits per heavy atom. The molecule has 9 nitrogen and oxygen atoms in total. The monoisotopic (exact) mass is 484 g/mol. The molecule has 0 amide bonds. The summed E-state index contributed by atoms with van der Waals surface area (Å²) in [6.07, 6.45) is 1.76. The summed E-state index contributed by atoms with van der Waals surface area (Å²) in [5, 5.41) is 53.2. The average molecular weight is 485 g/mol. The summed E-state index contributed by atoms with van der Waals surface area (Å²) >= 11 is 0. The minimum Gasteiger partial charge on any atom is -0.479 e. The second-order valence-corrected chi connectivity index (χ2v) is 11.4. The summed E-state index contributed by atoms with van der Waals surface area (Å²) in [7, 11) is 0. The van der Waals surface area contributed by atoms with Crippen molar-refractivity contribution in [2.75, 3.05) is 0 Å². The van der Waals surface area contributed by atoms with Crippen LogP contribution in [0.2, 0.25) is 0 Å². The standard InChI is InChI=1S/C19H30O2.C6H10O7/c1-18-9-7-13(20)11-12(18)3-4-14-15-5-6-17(21)19(15,2)10-8-16(14)18;7-1-2(8)3(9)4(10)5(11)6(12)13/h12-16,20H,3-11H2,1-2H3;1-5,8-11H,(H,12,13)/t12-,13+,14-,15-,16-,18-,19-;2-,3+,4-,5-/m00/s1. The minimum absolute atomic E-state index is 0.0124. The summed E-state index contributed by atoms with van der Waals surface area (Å²) in [5.74, 6) is 1.78. The molecule has 0 bridgehead atoms. The number of carboxylic acid groups (broad SMARTS) is 1. The second-order valence-electron chi connectivity index (χ2n) is 11.4. The van der Waals surface area contributed by atoms with Crippen LogP contribution in [0.15, 0.2) is 0 Å². The van der Waals surface area contributed by atoms with Crippen molar-refractivity contribution < 1.29 is 45.0 Å². The molecule has 0 aliphatic heterocycles. The number of ketones is 1. The number of carbonyl (C=O) groups is 3. The van der Waals surface area contributed by atoms with Gasteiger partial charge in [-0.2, -0.15) is 0 Å². The summed E-state index contributed by atoms with van der Waals surface area (Å²) in [6, 6.07) is 0. The number of hydrogen-bond acceptors (Lipinski definition) is 8. The van der Waals surface area contributed by atoms with Gasteiger partial charge in [0.25, 0.3) is 0 Å². The van der Waals surface area contributed by atoms with Crippen LogP contribution in [0.3, 0.4) is 0 Å². The lowest BCUT2D eigenvalue weighted by Crippen LogP contribution is -2.54. The van der Waals surface area contributed by atoms with Crippen molar-refractivity contribution >= 4 is 18.0 Å². The van der Waals surface area contributed by atoms with Crippen molar-refractivity contribution in [3.05, 3.63) is 0 Å². The molecule has 194 valence electrons. The zero-order valence-corrected chi connectivity index (χ0v) is 20.0. The van der Waals surface area contributed by atoms with Crippen molar-refractivity contribution in [2.24, 2.45) is 34.5 Å². The van der Waals surface area contributed by atoms with Crippen LogP contribution in [0.5, 0.6) is 0 Å². The van der Waals surface area contributed by atoms with Crippen LogP contribution in [0.25, 0.3) is 0 Å². The van der Waals surface area contributed by atoms with Crippen LogP contribution in [0.4, 0.5) is 0 Å². The van der Waals surface area contributed by atoms with Crippen LogP contribution in [-0.4, -0.2) is 79.2 Å². The highest BCUT2D eigenvalue weighted by molar-refractivity contribution is 5.87. The Morgan fingerprint density at radius 3 is 2.26 bits per heavy atom. The van der Waals surface area contributed by atoms with Crippen LogP contribution in [0, 0.1) is 34.5 Å². The lowest BCUT2D eigenvalue weighted by atomic mass is 9.45. The third-order valence-electron chi connectivity index (χ3n) is 9.76. The van der Waals surface area contributed by atoms with Gasteiger partial charge in [0, 0.05) is 11.8 Å². The van der Waals surface area contributed by atoms with Crippen LogP contribution in [-0.2, 0) is 14.4 Å². The molecule has 4 rings (SSSR count). The smallest absolute Gasteiger partial charge is 0.335 e. The van der Waals surface area contributed by atoms with Gasteiger partial charge in [-0.15, -0.1) is 0 Å². The molecule has 0 radical (unpaired) electrons. The third-order valence-corrected chi connectivity index (χ3v) is 9.76. The molecule has 4 fully saturated rings. The Balaban J connectivity index is 0.000000218. The Kier molecular flexibility index (Phi) is 8.24. The van der Waals surface area contributed by atoms with Crippen molar-refractivity contribution in [3.8, 4) is 0 Å². The number of aldehydes is 1. The van der Waals surface area contributed by atoms with Gasteiger partial charge in [-0.25, -0.2) is 4.79 Å². The fraction of sp³-hybridized carbons (Fsp3) is 0.880. The maximum atomic E-state index is 12.4. The Morgan fingerprint density at radius 2 is 1.65 bits per heavy atom. The summed E-state index contributed by atoms with van der Waals surface area (Å²) in [5.41, 5.74) is 0.452. The Hall–Kier alpha value is -1.39. The molecule has 6 N–H and O–H groups in total. The molecule has 0 aromatic heterocycles. The minimum atomic E-state index is -2.25. The first kappa shape index (κ1) is 27.2. The van der Waals surface area contributed by atoms with Gasteiger partial charge in [-0.05, 0) is 80.5 Å². The summed E-state index contributed by atoms with van der Waals surface area (Å²) in [4.78, 5) is 32.3. The molecule has 0 unspecified atom stereocenters. The zero-order chi connectivity index (χ0) is 25.4. The molecule has 0 heterocycles. The fourth-order valence-electron chi connectivity index (χ4n) is 7.62. The molecule has 11 atom stereocenters. The summed E-state index contributed by atoms with van der Waals surface area (Å²) < 4.78 is 0. The van der Waals surface area contributed by atoms with Gasteiger partial charge >= 0.3 is 5.97 Å².